The van der Waals surface area contributed by atoms with Crippen molar-refractivity contribution in [3.63, 3.8) is 0 Å². The molecular formula is C18H21N3O3S. The Morgan fingerprint density at radius 1 is 1.16 bits per heavy atom. The minimum absolute atomic E-state index is 0.139. The molecule has 2 rings (SSSR count). The number of amides is 1. The van der Waals surface area contributed by atoms with Crippen LogP contribution in [0.25, 0.3) is 0 Å². The molecule has 0 aliphatic rings. The number of benzene rings is 1. The van der Waals surface area contributed by atoms with Gasteiger partial charge in [0.1, 0.15) is 0 Å². The zero-order valence-electron chi connectivity index (χ0n) is 14.4. The summed E-state index contributed by atoms with van der Waals surface area (Å²) in [5, 5.41) is 12.3. The standard InChI is InChI=1S/C18H21N3O3S/c1-11(17(23)24)8-14-4-6-15(7-5-14)21-16(22)10-25-18-19-12(2)9-13(3)20-18/h4-7,9,11H,8,10H2,1-3H3,(H,21,22)(H,23,24). The van der Waals surface area contributed by atoms with E-state index in [9.17, 15) is 9.59 Å². The van der Waals surface area contributed by atoms with Gasteiger partial charge in [0.05, 0.1) is 11.7 Å². The molecule has 2 aromatic rings. The van der Waals surface area contributed by atoms with Gasteiger partial charge in [-0.15, -0.1) is 0 Å². The van der Waals surface area contributed by atoms with Crippen LogP contribution in [0, 0.1) is 19.8 Å². The first-order valence-corrected chi connectivity index (χ1v) is 8.88. The molecule has 0 spiro atoms. The molecule has 0 saturated heterocycles. The molecular weight excluding hydrogens is 338 g/mol. The van der Waals surface area contributed by atoms with Gasteiger partial charge in [0.25, 0.3) is 0 Å². The number of nitrogens with zero attached hydrogens (tertiary/aromatic N) is 2. The van der Waals surface area contributed by atoms with E-state index in [1.165, 1.54) is 11.8 Å². The zero-order chi connectivity index (χ0) is 18.4. The number of nitrogens with one attached hydrogen (secondary N) is 1. The van der Waals surface area contributed by atoms with Crippen molar-refractivity contribution in [1.82, 2.24) is 9.97 Å². The third kappa shape index (κ3) is 6.19. The van der Waals surface area contributed by atoms with Crippen LogP contribution in [0.1, 0.15) is 23.9 Å². The predicted molar refractivity (Wildman–Crippen MR) is 97.8 cm³/mol. The topological polar surface area (TPSA) is 92.2 Å². The Bertz CT molecular complexity index is 742. The summed E-state index contributed by atoms with van der Waals surface area (Å²) >= 11 is 1.29. The van der Waals surface area contributed by atoms with Crippen molar-refractivity contribution < 1.29 is 14.7 Å². The number of anilines is 1. The van der Waals surface area contributed by atoms with Crippen LogP contribution >= 0.6 is 11.8 Å². The zero-order valence-corrected chi connectivity index (χ0v) is 15.3. The highest BCUT2D eigenvalue weighted by Gasteiger charge is 2.12. The van der Waals surface area contributed by atoms with Crippen LogP contribution in [0.2, 0.25) is 0 Å². The van der Waals surface area contributed by atoms with E-state index in [4.69, 9.17) is 5.11 Å². The van der Waals surface area contributed by atoms with Crippen LogP contribution in [0.5, 0.6) is 0 Å². The van der Waals surface area contributed by atoms with Gasteiger partial charge in [0, 0.05) is 17.1 Å². The highest BCUT2D eigenvalue weighted by Crippen LogP contribution is 2.16. The van der Waals surface area contributed by atoms with E-state index in [-0.39, 0.29) is 11.7 Å². The number of carboxylic acid groups (broad SMARTS) is 1. The molecule has 0 aliphatic heterocycles. The average molecular weight is 359 g/mol. The van der Waals surface area contributed by atoms with E-state index in [0.29, 0.717) is 17.3 Å². The first-order valence-electron chi connectivity index (χ1n) is 7.90. The summed E-state index contributed by atoms with van der Waals surface area (Å²) in [6, 6.07) is 9.10. The summed E-state index contributed by atoms with van der Waals surface area (Å²) in [5.41, 5.74) is 3.35. The lowest BCUT2D eigenvalue weighted by Crippen LogP contribution is -2.15. The second kappa shape index (κ2) is 8.62. The lowest BCUT2D eigenvalue weighted by Gasteiger charge is -2.08. The number of aliphatic carboxylic acids is 1. The van der Waals surface area contributed by atoms with Crippen LogP contribution in [0.3, 0.4) is 0 Å². The fourth-order valence-electron chi connectivity index (χ4n) is 2.25. The molecule has 0 bridgehead atoms. The summed E-state index contributed by atoms with van der Waals surface area (Å²) in [4.78, 5) is 31.5. The molecule has 1 amide bonds. The van der Waals surface area contributed by atoms with Crippen molar-refractivity contribution in [1.29, 1.82) is 0 Å². The molecule has 1 heterocycles. The first kappa shape index (κ1) is 18.9. The molecule has 0 fully saturated rings. The number of aryl methyl sites for hydroxylation is 2. The molecule has 0 aliphatic carbocycles. The molecule has 25 heavy (non-hydrogen) atoms. The SMILES string of the molecule is Cc1cc(C)nc(SCC(=O)Nc2ccc(CC(C)C(=O)O)cc2)n1. The summed E-state index contributed by atoms with van der Waals surface area (Å²) < 4.78 is 0. The number of hydrogen-bond donors (Lipinski definition) is 2. The number of thioether (sulfide) groups is 1. The van der Waals surface area contributed by atoms with Gasteiger partial charge in [-0.1, -0.05) is 30.8 Å². The Morgan fingerprint density at radius 3 is 2.32 bits per heavy atom. The largest absolute Gasteiger partial charge is 0.481 e. The first-order chi connectivity index (χ1) is 11.8. The quantitative estimate of drug-likeness (QED) is 0.583. The van der Waals surface area contributed by atoms with Gasteiger partial charge in [-0.2, -0.15) is 0 Å². The molecule has 1 unspecified atom stereocenters. The average Bonchev–Trinajstić information content (AvgIpc) is 2.54. The van der Waals surface area contributed by atoms with Crippen LogP contribution < -0.4 is 5.32 Å². The molecule has 0 saturated carbocycles. The van der Waals surface area contributed by atoms with Gasteiger partial charge >= 0.3 is 5.97 Å². The Labute approximate surface area is 151 Å². The fraction of sp³-hybridized carbons (Fsp3) is 0.333. The van der Waals surface area contributed by atoms with Crippen LogP contribution in [0.4, 0.5) is 5.69 Å². The van der Waals surface area contributed by atoms with Gasteiger partial charge in [-0.3, -0.25) is 9.59 Å². The molecule has 1 aromatic heterocycles. The molecule has 1 atom stereocenters. The molecule has 0 radical (unpaired) electrons. The normalized spacial score (nSPS) is 11.8. The molecule has 1 aromatic carbocycles. The van der Waals surface area contributed by atoms with Gasteiger partial charge in [0.2, 0.25) is 5.91 Å². The third-order valence-electron chi connectivity index (χ3n) is 3.50. The number of carbonyl (C=O) groups excluding carboxylic acids is 1. The number of hydrogen-bond acceptors (Lipinski definition) is 5. The lowest BCUT2D eigenvalue weighted by molar-refractivity contribution is -0.141. The molecule has 132 valence electrons. The summed E-state index contributed by atoms with van der Waals surface area (Å²) in [6.45, 7) is 5.46. The fourth-order valence-corrected chi connectivity index (χ4v) is 3.00. The molecule has 2 N–H and O–H groups in total. The van der Waals surface area contributed by atoms with Crippen molar-refractivity contribution in [2.45, 2.75) is 32.3 Å². The Kier molecular flexibility index (Phi) is 6.52. The van der Waals surface area contributed by atoms with Crippen LogP contribution in [-0.2, 0) is 16.0 Å². The van der Waals surface area contributed by atoms with E-state index in [1.807, 2.05) is 32.0 Å². The summed E-state index contributed by atoms with van der Waals surface area (Å²) in [5.74, 6) is -1.17. The van der Waals surface area contributed by atoms with E-state index in [2.05, 4.69) is 15.3 Å². The molecule has 7 heteroatoms. The number of aromatic nitrogens is 2. The smallest absolute Gasteiger partial charge is 0.306 e. The molecule has 6 nitrogen and oxygen atoms in total. The van der Waals surface area contributed by atoms with Crippen LogP contribution in [-0.4, -0.2) is 32.7 Å². The van der Waals surface area contributed by atoms with E-state index >= 15 is 0 Å². The highest BCUT2D eigenvalue weighted by atomic mass is 32.2. The van der Waals surface area contributed by atoms with Crippen LogP contribution in [0.15, 0.2) is 35.5 Å². The Morgan fingerprint density at radius 2 is 1.76 bits per heavy atom. The second-order valence-electron chi connectivity index (χ2n) is 5.91. The van der Waals surface area contributed by atoms with Gasteiger partial charge in [0.15, 0.2) is 5.16 Å². The predicted octanol–water partition coefficient (Wildman–Crippen LogP) is 3.09. The lowest BCUT2D eigenvalue weighted by atomic mass is 10.0. The maximum Gasteiger partial charge on any atom is 0.306 e. The van der Waals surface area contributed by atoms with Crippen molar-refractivity contribution in [3.8, 4) is 0 Å². The Balaban J connectivity index is 1.86. The van der Waals surface area contributed by atoms with Gasteiger partial charge < -0.3 is 10.4 Å². The summed E-state index contributed by atoms with van der Waals surface area (Å²) in [7, 11) is 0. The van der Waals surface area contributed by atoms with E-state index < -0.39 is 11.9 Å². The second-order valence-corrected chi connectivity index (χ2v) is 6.85. The highest BCUT2D eigenvalue weighted by molar-refractivity contribution is 7.99. The van der Waals surface area contributed by atoms with Gasteiger partial charge in [-0.25, -0.2) is 9.97 Å². The maximum absolute atomic E-state index is 12.0. The van der Waals surface area contributed by atoms with Crippen molar-refractivity contribution >= 4 is 29.3 Å². The van der Waals surface area contributed by atoms with E-state index in [0.717, 1.165) is 17.0 Å². The van der Waals surface area contributed by atoms with Crippen molar-refractivity contribution in [2.24, 2.45) is 5.92 Å². The maximum atomic E-state index is 12.0. The Hall–Kier alpha value is -2.41. The number of rotatable bonds is 7. The summed E-state index contributed by atoms with van der Waals surface area (Å²) in [6.07, 6.45) is 0.462. The van der Waals surface area contributed by atoms with Crippen molar-refractivity contribution in [2.75, 3.05) is 11.1 Å². The van der Waals surface area contributed by atoms with E-state index in [1.54, 1.807) is 19.1 Å². The minimum Gasteiger partial charge on any atom is -0.481 e. The number of carbonyl (C=O) groups is 2. The monoisotopic (exact) mass is 359 g/mol. The number of carboxylic acids is 1. The minimum atomic E-state index is -0.817. The van der Waals surface area contributed by atoms with Gasteiger partial charge in [-0.05, 0) is 44.0 Å². The third-order valence-corrected chi connectivity index (χ3v) is 4.34. The van der Waals surface area contributed by atoms with Crippen molar-refractivity contribution in [3.05, 3.63) is 47.3 Å².